The average Bonchev–Trinajstić information content (AvgIpc) is 3.04. The smallest absolute Gasteiger partial charge is 0.408 e. The summed E-state index contributed by atoms with van der Waals surface area (Å²) in [5, 5.41) is 0. The fourth-order valence-corrected chi connectivity index (χ4v) is 3.67. The van der Waals surface area contributed by atoms with Crippen LogP contribution in [0, 0.1) is 0 Å². The van der Waals surface area contributed by atoms with Crippen molar-refractivity contribution in [3.05, 3.63) is 34.3 Å². The molecule has 0 radical (unpaired) electrons. The molecule has 1 aromatic carbocycles. The van der Waals surface area contributed by atoms with E-state index in [1.807, 2.05) is 19.1 Å². The van der Waals surface area contributed by atoms with Gasteiger partial charge in [-0.1, -0.05) is 28.9 Å². The predicted molar refractivity (Wildman–Crippen MR) is 86.0 cm³/mol. The Bertz CT molecular complexity index is 697. The molecule has 1 aliphatic heterocycles. The van der Waals surface area contributed by atoms with Crippen LogP contribution >= 0.6 is 15.9 Å². The van der Waals surface area contributed by atoms with Crippen LogP contribution in [0.5, 0.6) is 0 Å². The zero-order chi connectivity index (χ0) is 15.0. The molecule has 1 aromatic heterocycles. The third-order valence-electron chi connectivity index (χ3n) is 4.22. The molecule has 0 amide bonds. The molecule has 2 aromatic rings. The van der Waals surface area contributed by atoms with Crippen molar-refractivity contribution in [1.82, 2.24) is 4.57 Å². The third-order valence-corrected chi connectivity index (χ3v) is 5.71. The second-order valence-corrected chi connectivity index (χ2v) is 6.79. The zero-order valence-corrected chi connectivity index (χ0v) is 14.0. The van der Waals surface area contributed by atoms with Gasteiger partial charge in [-0.05, 0) is 43.9 Å². The molecule has 5 heteroatoms. The number of aromatic nitrogens is 1. The Morgan fingerprint density at radius 1 is 1.48 bits per heavy atom. The second kappa shape index (κ2) is 5.61. The molecular formula is C16H20BrNO3. The molecule has 3 rings (SSSR count). The van der Waals surface area contributed by atoms with Crippen molar-refractivity contribution in [2.24, 2.45) is 0 Å². The van der Waals surface area contributed by atoms with E-state index >= 15 is 0 Å². The molecule has 2 heterocycles. The Kier molecular flexibility index (Phi) is 3.97. The Labute approximate surface area is 132 Å². The highest BCUT2D eigenvalue weighted by Crippen LogP contribution is 2.43. The van der Waals surface area contributed by atoms with Crippen molar-refractivity contribution < 1.29 is 9.15 Å². The van der Waals surface area contributed by atoms with E-state index in [2.05, 4.69) is 28.9 Å². The van der Waals surface area contributed by atoms with Gasteiger partial charge in [0.15, 0.2) is 5.58 Å². The third kappa shape index (κ3) is 2.57. The number of hydrogen-bond donors (Lipinski definition) is 0. The van der Waals surface area contributed by atoms with Gasteiger partial charge in [0.2, 0.25) is 0 Å². The number of rotatable bonds is 4. The van der Waals surface area contributed by atoms with E-state index in [1.54, 1.807) is 4.57 Å². The van der Waals surface area contributed by atoms with E-state index < -0.39 is 0 Å². The second-order valence-electron chi connectivity index (χ2n) is 5.87. The van der Waals surface area contributed by atoms with Crippen LogP contribution in [-0.2, 0) is 11.3 Å². The molecule has 114 valence electrons. The summed E-state index contributed by atoms with van der Waals surface area (Å²) in [6, 6.07) is 5.98. The number of benzene rings is 1. The van der Waals surface area contributed by atoms with E-state index in [4.69, 9.17) is 9.15 Å². The largest absolute Gasteiger partial charge is 0.419 e. The minimum Gasteiger partial charge on any atom is -0.408 e. The molecule has 1 fully saturated rings. The summed E-state index contributed by atoms with van der Waals surface area (Å²) in [7, 11) is 0. The van der Waals surface area contributed by atoms with Crippen LogP contribution in [0.25, 0.3) is 11.1 Å². The normalized spacial score (nSPS) is 23.8. The molecule has 1 saturated heterocycles. The summed E-state index contributed by atoms with van der Waals surface area (Å²) < 4.78 is 13.0. The average molecular weight is 354 g/mol. The van der Waals surface area contributed by atoms with E-state index in [9.17, 15) is 4.79 Å². The van der Waals surface area contributed by atoms with Crippen LogP contribution in [0.3, 0.4) is 0 Å². The highest BCUT2D eigenvalue weighted by atomic mass is 79.9. The summed E-state index contributed by atoms with van der Waals surface area (Å²) in [5.74, 6) is -0.279. The molecule has 1 aliphatic rings. The maximum Gasteiger partial charge on any atom is 0.419 e. The lowest BCUT2D eigenvalue weighted by Crippen LogP contribution is -2.28. The van der Waals surface area contributed by atoms with Gasteiger partial charge in [-0.25, -0.2) is 4.79 Å². The van der Waals surface area contributed by atoms with Crippen molar-refractivity contribution >= 4 is 27.0 Å². The molecule has 0 aliphatic carbocycles. The highest BCUT2D eigenvalue weighted by Gasteiger charge is 2.38. The number of fused-ring (bicyclic) bond motifs is 1. The first-order valence-electron chi connectivity index (χ1n) is 7.46. The number of halogens is 1. The Hall–Kier alpha value is -1.07. The van der Waals surface area contributed by atoms with Crippen molar-refractivity contribution in [2.75, 3.05) is 6.61 Å². The lowest BCUT2D eigenvalue weighted by molar-refractivity contribution is 0.0198. The van der Waals surface area contributed by atoms with Gasteiger partial charge in [-0.3, -0.25) is 4.57 Å². The highest BCUT2D eigenvalue weighted by molar-refractivity contribution is 9.09. The van der Waals surface area contributed by atoms with E-state index in [0.717, 1.165) is 36.9 Å². The van der Waals surface area contributed by atoms with Gasteiger partial charge in [0.05, 0.1) is 15.9 Å². The molecule has 2 unspecified atom stereocenters. The van der Waals surface area contributed by atoms with Crippen molar-refractivity contribution in [2.45, 2.75) is 50.1 Å². The molecule has 2 atom stereocenters. The lowest BCUT2D eigenvalue weighted by atomic mass is 9.93. The topological polar surface area (TPSA) is 44.4 Å². The van der Waals surface area contributed by atoms with E-state index in [1.165, 1.54) is 0 Å². The number of oxazole rings is 1. The molecule has 21 heavy (non-hydrogen) atoms. The zero-order valence-electron chi connectivity index (χ0n) is 12.4. The van der Waals surface area contributed by atoms with Crippen LogP contribution in [0.2, 0.25) is 0 Å². The van der Waals surface area contributed by atoms with Crippen LogP contribution in [-0.4, -0.2) is 16.8 Å². The Morgan fingerprint density at radius 2 is 2.29 bits per heavy atom. The van der Waals surface area contributed by atoms with Gasteiger partial charge in [0.1, 0.15) is 0 Å². The Balaban J connectivity index is 2.00. The van der Waals surface area contributed by atoms with Crippen molar-refractivity contribution in [3.8, 4) is 0 Å². The molecule has 0 spiro atoms. The van der Waals surface area contributed by atoms with Crippen LogP contribution in [0.15, 0.2) is 27.4 Å². The minimum absolute atomic E-state index is 0.0942. The first-order chi connectivity index (χ1) is 10.0. The van der Waals surface area contributed by atoms with Gasteiger partial charge in [0, 0.05) is 13.2 Å². The molecule has 0 N–H and O–H groups in total. The van der Waals surface area contributed by atoms with Crippen LogP contribution in [0.1, 0.15) is 43.5 Å². The summed E-state index contributed by atoms with van der Waals surface area (Å²) in [6.45, 7) is 5.67. The quantitative estimate of drug-likeness (QED) is 0.780. The first-order valence-corrected chi connectivity index (χ1v) is 8.38. The van der Waals surface area contributed by atoms with Crippen LogP contribution in [0.4, 0.5) is 0 Å². The maximum absolute atomic E-state index is 11.9. The van der Waals surface area contributed by atoms with Gasteiger partial charge in [-0.2, -0.15) is 0 Å². The monoisotopic (exact) mass is 353 g/mol. The number of ether oxygens (including phenoxy) is 1. The van der Waals surface area contributed by atoms with E-state index in [0.29, 0.717) is 12.1 Å². The van der Waals surface area contributed by atoms with Crippen molar-refractivity contribution in [3.63, 3.8) is 0 Å². The van der Waals surface area contributed by atoms with Gasteiger partial charge >= 0.3 is 5.76 Å². The summed E-state index contributed by atoms with van der Waals surface area (Å²) >= 11 is 3.76. The maximum atomic E-state index is 11.9. The standard InChI is InChI=1S/C16H20BrNO3/c1-3-8-18-12-6-5-11(10-13(12)21-15(18)19)14(17)16(2)7-4-9-20-16/h5-6,10,14H,3-4,7-9H2,1-2H3. The molecule has 0 bridgehead atoms. The number of hydrogen-bond acceptors (Lipinski definition) is 3. The SMILES string of the molecule is CCCn1c(=O)oc2cc(C(Br)C3(C)CCCO3)ccc21. The van der Waals surface area contributed by atoms with Crippen molar-refractivity contribution in [1.29, 1.82) is 0 Å². The summed E-state index contributed by atoms with van der Waals surface area (Å²) in [4.78, 5) is 12.0. The lowest BCUT2D eigenvalue weighted by Gasteiger charge is -2.29. The fraction of sp³-hybridized carbons (Fsp3) is 0.562. The summed E-state index contributed by atoms with van der Waals surface area (Å²) in [5.41, 5.74) is 2.41. The Morgan fingerprint density at radius 3 is 2.95 bits per heavy atom. The number of alkyl halides is 1. The molecule has 4 nitrogen and oxygen atoms in total. The minimum atomic E-state index is -0.279. The van der Waals surface area contributed by atoms with Gasteiger partial charge in [0.25, 0.3) is 0 Å². The van der Waals surface area contributed by atoms with Gasteiger partial charge in [-0.15, -0.1) is 0 Å². The fourth-order valence-electron chi connectivity index (χ4n) is 3.03. The predicted octanol–water partition coefficient (Wildman–Crippen LogP) is 4.01. The first kappa shape index (κ1) is 14.9. The molecule has 0 saturated carbocycles. The van der Waals surface area contributed by atoms with Gasteiger partial charge < -0.3 is 9.15 Å². The van der Waals surface area contributed by atoms with Crippen LogP contribution < -0.4 is 5.76 Å². The summed E-state index contributed by atoms with van der Waals surface area (Å²) in [6.07, 6.45) is 3.02. The number of nitrogens with zero attached hydrogens (tertiary/aromatic N) is 1. The van der Waals surface area contributed by atoms with E-state index in [-0.39, 0.29) is 16.2 Å². The number of aryl methyl sites for hydroxylation is 1. The molecular weight excluding hydrogens is 334 g/mol.